The van der Waals surface area contributed by atoms with Crippen molar-refractivity contribution in [2.24, 2.45) is 0 Å². The van der Waals surface area contributed by atoms with Crippen LogP contribution in [-0.4, -0.2) is 44.6 Å². The highest BCUT2D eigenvalue weighted by Crippen LogP contribution is 2.14. The monoisotopic (exact) mass is 432 g/mol. The van der Waals surface area contributed by atoms with Crippen LogP contribution < -0.4 is 0 Å². The standard InChI is InChI=1S/C20H42O.C4H6O5/c1-3-5-7-9-11-12-13-15-17-19-20(21)18-16-14-10-8-6-4-2;5-2(4(8)9)1-3(6)7/h20-21H,3-19H2,1-2H3;2,5H,1H2,(H,6,7)(H,8,9). The van der Waals surface area contributed by atoms with Crippen LogP contribution in [-0.2, 0) is 9.59 Å². The first-order valence-electron chi connectivity index (χ1n) is 12.2. The van der Waals surface area contributed by atoms with Crippen molar-refractivity contribution in [1.82, 2.24) is 0 Å². The molecule has 0 amide bonds. The van der Waals surface area contributed by atoms with Gasteiger partial charge in [-0.15, -0.1) is 0 Å². The number of carbonyl (C=O) groups is 2. The maximum atomic E-state index is 9.95. The van der Waals surface area contributed by atoms with Gasteiger partial charge in [-0.2, -0.15) is 0 Å². The van der Waals surface area contributed by atoms with Crippen molar-refractivity contribution in [3.05, 3.63) is 0 Å². The second kappa shape index (κ2) is 24.1. The van der Waals surface area contributed by atoms with Crippen LogP contribution in [0.2, 0.25) is 0 Å². The average molecular weight is 433 g/mol. The summed E-state index contributed by atoms with van der Waals surface area (Å²) in [4.78, 5) is 19.4. The van der Waals surface area contributed by atoms with E-state index in [9.17, 15) is 14.7 Å². The second-order valence-electron chi connectivity index (χ2n) is 8.28. The van der Waals surface area contributed by atoms with E-state index < -0.39 is 24.5 Å². The van der Waals surface area contributed by atoms with Crippen LogP contribution >= 0.6 is 0 Å². The summed E-state index contributed by atoms with van der Waals surface area (Å²) in [6, 6.07) is 0. The lowest BCUT2D eigenvalue weighted by Crippen LogP contribution is -2.22. The molecule has 2 unspecified atom stereocenters. The molecular weight excluding hydrogens is 384 g/mol. The van der Waals surface area contributed by atoms with Gasteiger partial charge in [-0.25, -0.2) is 4.79 Å². The van der Waals surface area contributed by atoms with Crippen LogP contribution in [0.3, 0.4) is 0 Å². The molecule has 30 heavy (non-hydrogen) atoms. The van der Waals surface area contributed by atoms with Crippen molar-refractivity contribution in [3.8, 4) is 0 Å². The Morgan fingerprint density at radius 3 is 1.20 bits per heavy atom. The molecular formula is C24H48O6. The van der Waals surface area contributed by atoms with Gasteiger partial charge < -0.3 is 20.4 Å². The van der Waals surface area contributed by atoms with E-state index in [1.807, 2.05) is 0 Å². The van der Waals surface area contributed by atoms with E-state index in [0.29, 0.717) is 0 Å². The van der Waals surface area contributed by atoms with Crippen LogP contribution in [0.1, 0.15) is 129 Å². The van der Waals surface area contributed by atoms with E-state index in [0.717, 1.165) is 12.8 Å². The molecule has 6 nitrogen and oxygen atoms in total. The van der Waals surface area contributed by atoms with Gasteiger partial charge in [0.15, 0.2) is 6.10 Å². The molecule has 0 aliphatic rings. The highest BCUT2D eigenvalue weighted by atomic mass is 16.4. The lowest BCUT2D eigenvalue weighted by molar-refractivity contribution is -0.152. The Morgan fingerprint density at radius 2 is 0.933 bits per heavy atom. The molecule has 0 aromatic rings. The summed E-state index contributed by atoms with van der Waals surface area (Å²) in [6.07, 6.45) is 19.8. The SMILES string of the molecule is CCCCCCCCCCCC(O)CCCCCCCC.O=C(O)CC(O)C(=O)O. The number of carboxylic acid groups (broad SMARTS) is 2. The van der Waals surface area contributed by atoms with E-state index >= 15 is 0 Å². The van der Waals surface area contributed by atoms with Crippen molar-refractivity contribution in [1.29, 1.82) is 0 Å². The van der Waals surface area contributed by atoms with Gasteiger partial charge in [-0.1, -0.05) is 110 Å². The highest BCUT2D eigenvalue weighted by Gasteiger charge is 2.16. The van der Waals surface area contributed by atoms with Gasteiger partial charge in [0.25, 0.3) is 0 Å². The maximum absolute atomic E-state index is 9.95. The molecule has 0 aromatic heterocycles. The van der Waals surface area contributed by atoms with E-state index in [1.165, 1.54) is 96.3 Å². The minimum atomic E-state index is -1.79. The van der Waals surface area contributed by atoms with Crippen molar-refractivity contribution in [3.63, 3.8) is 0 Å². The van der Waals surface area contributed by atoms with E-state index in [4.69, 9.17) is 15.3 Å². The van der Waals surface area contributed by atoms with Crippen LogP contribution in [0.25, 0.3) is 0 Å². The molecule has 0 spiro atoms. The number of hydrogen-bond acceptors (Lipinski definition) is 4. The Labute approximate surface area is 184 Å². The Balaban J connectivity index is 0. The van der Waals surface area contributed by atoms with Crippen LogP contribution in [0.4, 0.5) is 0 Å². The number of carboxylic acids is 2. The zero-order valence-electron chi connectivity index (χ0n) is 19.5. The quantitative estimate of drug-likeness (QED) is 0.177. The van der Waals surface area contributed by atoms with Gasteiger partial charge in [0, 0.05) is 0 Å². The minimum absolute atomic E-state index is 0.0271. The molecule has 0 aromatic carbocycles. The molecule has 0 aliphatic heterocycles. The van der Waals surface area contributed by atoms with Crippen molar-refractivity contribution in [2.45, 2.75) is 142 Å². The first-order valence-corrected chi connectivity index (χ1v) is 12.2. The Morgan fingerprint density at radius 1 is 0.600 bits per heavy atom. The third-order valence-corrected chi connectivity index (χ3v) is 5.18. The number of unbranched alkanes of at least 4 members (excludes halogenated alkanes) is 13. The Hall–Kier alpha value is -1.14. The van der Waals surface area contributed by atoms with E-state index in [-0.39, 0.29) is 6.10 Å². The summed E-state index contributed by atoms with van der Waals surface area (Å²) in [5.41, 5.74) is 0. The number of aliphatic hydroxyl groups is 2. The van der Waals surface area contributed by atoms with Gasteiger partial charge in [0.1, 0.15) is 0 Å². The third-order valence-electron chi connectivity index (χ3n) is 5.18. The molecule has 180 valence electrons. The smallest absolute Gasteiger partial charge is 0.333 e. The summed E-state index contributed by atoms with van der Waals surface area (Å²) in [7, 11) is 0. The van der Waals surface area contributed by atoms with Crippen LogP contribution in [0.15, 0.2) is 0 Å². The first kappa shape index (κ1) is 31.0. The van der Waals surface area contributed by atoms with E-state index in [2.05, 4.69) is 13.8 Å². The molecule has 0 aliphatic carbocycles. The number of aliphatic hydroxyl groups excluding tert-OH is 2. The molecule has 2 atom stereocenters. The Bertz CT molecular complexity index is 386. The summed E-state index contributed by atoms with van der Waals surface area (Å²) in [5.74, 6) is -2.85. The summed E-state index contributed by atoms with van der Waals surface area (Å²) < 4.78 is 0. The van der Waals surface area contributed by atoms with Gasteiger partial charge in [-0.3, -0.25) is 4.79 Å². The molecule has 4 N–H and O–H groups in total. The number of aliphatic carboxylic acids is 2. The van der Waals surface area contributed by atoms with Crippen molar-refractivity contribution >= 4 is 11.9 Å². The number of rotatable bonds is 20. The molecule has 0 rings (SSSR count). The van der Waals surface area contributed by atoms with Crippen molar-refractivity contribution in [2.75, 3.05) is 0 Å². The molecule has 6 heteroatoms. The largest absolute Gasteiger partial charge is 0.481 e. The van der Waals surface area contributed by atoms with Crippen LogP contribution in [0.5, 0.6) is 0 Å². The fourth-order valence-electron chi connectivity index (χ4n) is 3.25. The molecule has 0 fully saturated rings. The number of hydrogen-bond donors (Lipinski definition) is 4. The zero-order valence-corrected chi connectivity index (χ0v) is 19.5. The predicted octanol–water partition coefficient (Wildman–Crippen LogP) is 5.93. The minimum Gasteiger partial charge on any atom is -0.481 e. The van der Waals surface area contributed by atoms with Crippen molar-refractivity contribution < 1.29 is 30.0 Å². The predicted molar refractivity (Wildman–Crippen MR) is 122 cm³/mol. The lowest BCUT2D eigenvalue weighted by atomic mass is 10.0. The van der Waals surface area contributed by atoms with Gasteiger partial charge >= 0.3 is 11.9 Å². The molecule has 0 saturated carbocycles. The summed E-state index contributed by atoms with van der Waals surface area (Å²) >= 11 is 0. The van der Waals surface area contributed by atoms with Crippen LogP contribution in [0, 0.1) is 0 Å². The topological polar surface area (TPSA) is 115 Å². The maximum Gasteiger partial charge on any atom is 0.333 e. The summed E-state index contributed by atoms with van der Waals surface area (Å²) in [5, 5.41) is 34.1. The second-order valence-corrected chi connectivity index (χ2v) is 8.28. The average Bonchev–Trinajstić information content (AvgIpc) is 2.69. The van der Waals surface area contributed by atoms with Gasteiger partial charge in [-0.05, 0) is 12.8 Å². The lowest BCUT2D eigenvalue weighted by Gasteiger charge is -2.10. The third kappa shape index (κ3) is 26.9. The van der Waals surface area contributed by atoms with Gasteiger partial charge in [0.05, 0.1) is 12.5 Å². The first-order chi connectivity index (χ1) is 14.3. The molecule has 0 heterocycles. The zero-order chi connectivity index (χ0) is 23.0. The fourth-order valence-corrected chi connectivity index (χ4v) is 3.25. The molecule has 0 saturated heterocycles. The molecule has 0 bridgehead atoms. The van der Waals surface area contributed by atoms with Gasteiger partial charge in [0.2, 0.25) is 0 Å². The Kier molecular flexibility index (Phi) is 25.0. The fraction of sp³-hybridized carbons (Fsp3) is 0.917. The van der Waals surface area contributed by atoms with E-state index in [1.54, 1.807) is 0 Å². The highest BCUT2D eigenvalue weighted by molar-refractivity contribution is 5.79. The normalized spacial score (nSPS) is 12.7. The summed E-state index contributed by atoms with van der Waals surface area (Å²) in [6.45, 7) is 4.53. The molecule has 0 radical (unpaired) electrons.